The topological polar surface area (TPSA) is 61.8 Å². The molecule has 7 atom stereocenters. The predicted molar refractivity (Wildman–Crippen MR) is 80.6 cm³/mol. The first-order chi connectivity index (χ1) is 10.5. The van der Waals surface area contributed by atoms with E-state index in [4.69, 9.17) is 13.7 Å². The fraction of sp³-hybridized carbons (Fsp3) is 1.00. The van der Waals surface area contributed by atoms with Gasteiger partial charge >= 0.3 is 0 Å². The zero-order chi connectivity index (χ0) is 15.3. The summed E-state index contributed by atoms with van der Waals surface area (Å²) in [4.78, 5) is 0. The lowest BCUT2D eigenvalue weighted by atomic mass is 9.92. The largest absolute Gasteiger partial charge is 0.353 e. The van der Waals surface area contributed by atoms with E-state index in [1.807, 2.05) is 0 Å². The van der Waals surface area contributed by atoms with Gasteiger partial charge in [0.2, 0.25) is 0 Å². The zero-order valence-corrected chi connectivity index (χ0v) is 14.0. The molecule has 0 amide bonds. The number of rotatable bonds is 4. The predicted octanol–water partition coefficient (Wildman–Crippen LogP) is 2.31. The fourth-order valence-electron chi connectivity index (χ4n) is 5.51. The Bertz CT molecular complexity index is 513. The van der Waals surface area contributed by atoms with Crippen LogP contribution in [0.5, 0.6) is 0 Å². The highest BCUT2D eigenvalue weighted by molar-refractivity contribution is 7.86. The first-order valence-corrected chi connectivity index (χ1v) is 10.5. The summed E-state index contributed by atoms with van der Waals surface area (Å²) in [7, 11) is -3.41. The molecule has 1 aliphatic heterocycles. The van der Waals surface area contributed by atoms with Crippen LogP contribution in [0.3, 0.4) is 0 Å². The van der Waals surface area contributed by atoms with Crippen molar-refractivity contribution in [3.8, 4) is 0 Å². The van der Waals surface area contributed by atoms with Gasteiger partial charge in [0.25, 0.3) is 10.1 Å². The van der Waals surface area contributed by atoms with Gasteiger partial charge < -0.3 is 9.47 Å². The fourth-order valence-corrected chi connectivity index (χ4v) is 6.17. The van der Waals surface area contributed by atoms with Gasteiger partial charge in [0.15, 0.2) is 6.29 Å². The smallest absolute Gasteiger partial charge is 0.264 e. The molecule has 4 rings (SSSR count). The summed E-state index contributed by atoms with van der Waals surface area (Å²) in [6.45, 7) is 0.779. The molecule has 0 N–H and O–H groups in total. The van der Waals surface area contributed by atoms with Crippen molar-refractivity contribution in [3.63, 3.8) is 0 Å². The Morgan fingerprint density at radius 3 is 2.32 bits per heavy atom. The van der Waals surface area contributed by atoms with Crippen LogP contribution < -0.4 is 0 Å². The lowest BCUT2D eigenvalue weighted by Crippen LogP contribution is -2.36. The van der Waals surface area contributed by atoms with Gasteiger partial charge in [-0.1, -0.05) is 0 Å². The van der Waals surface area contributed by atoms with Crippen molar-refractivity contribution in [2.45, 2.75) is 63.4 Å². The average molecular weight is 330 g/mol. The van der Waals surface area contributed by atoms with Crippen molar-refractivity contribution in [1.29, 1.82) is 0 Å². The molecule has 1 saturated heterocycles. The zero-order valence-electron chi connectivity index (χ0n) is 13.1. The van der Waals surface area contributed by atoms with Gasteiger partial charge in [-0.15, -0.1) is 0 Å². The van der Waals surface area contributed by atoms with Crippen molar-refractivity contribution in [3.05, 3.63) is 0 Å². The van der Waals surface area contributed by atoms with E-state index in [0.717, 1.165) is 45.0 Å². The molecule has 0 aromatic carbocycles. The monoisotopic (exact) mass is 330 g/mol. The number of ether oxygens (including phenoxy) is 2. The molecule has 3 aliphatic carbocycles. The minimum absolute atomic E-state index is 0.101. The van der Waals surface area contributed by atoms with E-state index in [2.05, 4.69) is 0 Å². The second kappa shape index (κ2) is 5.72. The van der Waals surface area contributed by atoms with Crippen molar-refractivity contribution in [2.75, 3.05) is 12.9 Å². The molecule has 4 fully saturated rings. The first-order valence-electron chi connectivity index (χ1n) is 8.66. The highest BCUT2D eigenvalue weighted by Crippen LogP contribution is 2.60. The number of hydrogen-bond donors (Lipinski definition) is 0. The number of hydrogen-bond acceptors (Lipinski definition) is 5. The molecular weight excluding hydrogens is 304 g/mol. The molecule has 6 heteroatoms. The van der Waals surface area contributed by atoms with Crippen molar-refractivity contribution in [1.82, 2.24) is 0 Å². The first kappa shape index (κ1) is 15.4. The van der Waals surface area contributed by atoms with Crippen molar-refractivity contribution in [2.24, 2.45) is 23.7 Å². The molecule has 3 saturated carbocycles. The maximum absolute atomic E-state index is 11.6. The van der Waals surface area contributed by atoms with Crippen LogP contribution in [0.25, 0.3) is 0 Å². The molecule has 0 radical (unpaired) electrons. The molecule has 0 bridgehead atoms. The molecule has 5 nitrogen and oxygen atoms in total. The van der Waals surface area contributed by atoms with Gasteiger partial charge in [0.05, 0.1) is 18.5 Å². The van der Waals surface area contributed by atoms with Gasteiger partial charge in [-0.3, -0.25) is 4.18 Å². The SMILES string of the molecule is CS(=O)(=O)O[C@H]1C[C@H]2CC[C@H]3C[C@@H](O[C@@H]4CCCCO4)[C@H]1[C@H]23. The van der Waals surface area contributed by atoms with Crippen LogP contribution in [0.1, 0.15) is 44.9 Å². The maximum Gasteiger partial charge on any atom is 0.264 e. The third-order valence-corrected chi connectivity index (χ3v) is 6.73. The molecule has 0 aromatic heterocycles. The highest BCUT2D eigenvalue weighted by Gasteiger charge is 2.59. The Morgan fingerprint density at radius 1 is 0.955 bits per heavy atom. The summed E-state index contributed by atoms with van der Waals surface area (Å²) in [6, 6.07) is 0. The Hall–Kier alpha value is -0.170. The summed E-state index contributed by atoms with van der Waals surface area (Å²) < 4.78 is 40.6. The molecule has 4 aliphatic rings. The third-order valence-electron chi connectivity index (χ3n) is 6.13. The lowest BCUT2D eigenvalue weighted by molar-refractivity contribution is -0.199. The second-order valence-electron chi connectivity index (χ2n) is 7.53. The van der Waals surface area contributed by atoms with E-state index in [-0.39, 0.29) is 24.4 Å². The summed E-state index contributed by atoms with van der Waals surface area (Å²) in [5.74, 6) is 2.15. The van der Waals surface area contributed by atoms with Crippen LogP contribution in [-0.2, 0) is 23.8 Å². The van der Waals surface area contributed by atoms with E-state index < -0.39 is 10.1 Å². The Labute approximate surface area is 132 Å². The van der Waals surface area contributed by atoms with Crippen LogP contribution in [0.4, 0.5) is 0 Å². The summed E-state index contributed by atoms with van der Waals surface area (Å²) in [5, 5.41) is 0. The summed E-state index contributed by atoms with van der Waals surface area (Å²) in [5.41, 5.74) is 0. The standard InChI is InChI=1S/C16H26O5S/c1-22(17,18)21-13-9-11-6-5-10-8-12(16(13)15(10)11)20-14-4-2-3-7-19-14/h10-16H,2-9H2,1H3/t10-,11+,12+,13-,14+,15-,16+/m0/s1. The van der Waals surface area contributed by atoms with Crippen LogP contribution in [0.2, 0.25) is 0 Å². The molecule has 0 unspecified atom stereocenters. The minimum Gasteiger partial charge on any atom is -0.353 e. The van der Waals surface area contributed by atoms with Gasteiger partial charge in [-0.25, -0.2) is 0 Å². The van der Waals surface area contributed by atoms with Crippen LogP contribution >= 0.6 is 0 Å². The van der Waals surface area contributed by atoms with Gasteiger partial charge in [0, 0.05) is 12.5 Å². The van der Waals surface area contributed by atoms with Crippen molar-refractivity contribution < 1.29 is 22.1 Å². The third kappa shape index (κ3) is 2.83. The van der Waals surface area contributed by atoms with Gasteiger partial charge in [-0.05, 0) is 62.7 Å². The Kier molecular flexibility index (Phi) is 4.00. The second-order valence-corrected chi connectivity index (χ2v) is 9.13. The molecule has 126 valence electrons. The van der Waals surface area contributed by atoms with Gasteiger partial charge in [-0.2, -0.15) is 8.42 Å². The average Bonchev–Trinajstić information content (AvgIpc) is 3.07. The lowest BCUT2D eigenvalue weighted by Gasteiger charge is -2.30. The van der Waals surface area contributed by atoms with E-state index in [1.54, 1.807) is 0 Å². The van der Waals surface area contributed by atoms with Crippen molar-refractivity contribution >= 4 is 10.1 Å². The summed E-state index contributed by atoms with van der Waals surface area (Å²) >= 11 is 0. The van der Waals surface area contributed by atoms with E-state index in [9.17, 15) is 8.42 Å². The molecular formula is C16H26O5S. The van der Waals surface area contributed by atoms with Crippen LogP contribution in [0.15, 0.2) is 0 Å². The Morgan fingerprint density at radius 2 is 1.68 bits per heavy atom. The van der Waals surface area contributed by atoms with Gasteiger partial charge in [0.1, 0.15) is 0 Å². The van der Waals surface area contributed by atoms with E-state index in [1.165, 1.54) is 12.8 Å². The molecule has 1 heterocycles. The minimum atomic E-state index is -3.41. The van der Waals surface area contributed by atoms with Crippen LogP contribution in [0, 0.1) is 23.7 Å². The molecule has 22 heavy (non-hydrogen) atoms. The quantitative estimate of drug-likeness (QED) is 0.740. The normalized spacial score (nSPS) is 47.8. The van der Waals surface area contributed by atoms with Crippen LogP contribution in [-0.4, -0.2) is 39.8 Å². The van der Waals surface area contributed by atoms with E-state index in [0.29, 0.717) is 17.8 Å². The Balaban J connectivity index is 1.50. The maximum atomic E-state index is 11.6. The summed E-state index contributed by atoms with van der Waals surface area (Å²) in [6.07, 6.45) is 8.62. The van der Waals surface area contributed by atoms with E-state index >= 15 is 0 Å². The molecule has 0 spiro atoms. The highest BCUT2D eigenvalue weighted by atomic mass is 32.2. The molecule has 0 aromatic rings.